The summed E-state index contributed by atoms with van der Waals surface area (Å²) in [5.74, 6) is -0.529. The van der Waals surface area contributed by atoms with Crippen LogP contribution in [0.15, 0.2) is 79.0 Å². The van der Waals surface area contributed by atoms with Crippen LogP contribution in [0.3, 0.4) is 0 Å². The van der Waals surface area contributed by atoms with Crippen LogP contribution < -0.4 is 15.0 Å². The maximum absolute atomic E-state index is 13.9. The Labute approximate surface area is 267 Å². The van der Waals surface area contributed by atoms with Gasteiger partial charge in [0.1, 0.15) is 5.75 Å². The average Bonchev–Trinajstić information content (AvgIpc) is 3.71. The zero-order valence-corrected chi connectivity index (χ0v) is 27.0. The molecule has 3 aromatic carbocycles. The van der Waals surface area contributed by atoms with Crippen molar-refractivity contribution in [1.82, 2.24) is 15.0 Å². The molecule has 11 nitrogen and oxygen atoms in total. The number of hydrogen-bond donors (Lipinski definition) is 3. The minimum atomic E-state index is -2.86. The third-order valence-electron chi connectivity index (χ3n) is 9.63. The van der Waals surface area contributed by atoms with Crippen molar-refractivity contribution in [3.63, 3.8) is 0 Å². The van der Waals surface area contributed by atoms with E-state index in [9.17, 15) is 19.5 Å². The van der Waals surface area contributed by atoms with E-state index in [-0.39, 0.29) is 42.4 Å². The van der Waals surface area contributed by atoms with Crippen LogP contribution in [0.5, 0.6) is 5.75 Å². The summed E-state index contributed by atoms with van der Waals surface area (Å²) >= 11 is 0. The lowest BCUT2D eigenvalue weighted by atomic mass is 9.82. The van der Waals surface area contributed by atoms with E-state index in [4.69, 9.17) is 9.47 Å². The van der Waals surface area contributed by atoms with Gasteiger partial charge in [-0.3, -0.25) is 19.2 Å². The fourth-order valence-electron chi connectivity index (χ4n) is 7.58. The van der Waals surface area contributed by atoms with Crippen molar-refractivity contribution in [3.05, 3.63) is 95.8 Å². The van der Waals surface area contributed by atoms with Crippen molar-refractivity contribution in [2.45, 2.75) is 56.1 Å². The van der Waals surface area contributed by atoms with E-state index in [1.807, 2.05) is 99.0 Å². The maximum atomic E-state index is 13.9. The fourth-order valence-corrected chi connectivity index (χ4v) is 10.2. The Morgan fingerprint density at radius 1 is 1.09 bits per heavy atom. The van der Waals surface area contributed by atoms with E-state index < -0.39 is 20.0 Å². The monoisotopic (exact) mass is 639 g/mol. The standard InChI is InChI=1S/C34H37N5O6Si/c1-21-32(46(2,3)43)30(15-16-38-18-27(36-37-38)24(19-40)22-9-5-4-6-10-22)45-34(21)25-17-23(13-14-26(25)35-33(34)42)39-28-11-7-8-12-29(28)44-20-31(39)41/h4-14,17-18,21,24,30,32,40,43H,15-16,19-20H2,1-3H3,(H,35,42)/t21-,24?,30+,32-,34+/m0/s1. The quantitative estimate of drug-likeness (QED) is 0.243. The Hall–Kier alpha value is -4.36. The van der Waals surface area contributed by atoms with Gasteiger partial charge in [-0.15, -0.1) is 5.10 Å². The van der Waals surface area contributed by atoms with Gasteiger partial charge in [0.2, 0.25) is 0 Å². The number of anilines is 3. The normalized spacial score (nSPS) is 24.5. The fraction of sp³-hybridized carbons (Fsp3) is 0.353. The molecule has 46 heavy (non-hydrogen) atoms. The predicted molar refractivity (Wildman–Crippen MR) is 173 cm³/mol. The van der Waals surface area contributed by atoms with E-state index in [1.54, 1.807) is 9.58 Å². The number of aliphatic hydroxyl groups is 1. The van der Waals surface area contributed by atoms with Crippen LogP contribution in [-0.4, -0.2) is 64.3 Å². The zero-order chi connectivity index (χ0) is 32.2. The molecular weight excluding hydrogens is 602 g/mol. The first kappa shape index (κ1) is 30.3. The molecule has 1 saturated heterocycles. The number of para-hydroxylation sites is 2. The minimum absolute atomic E-state index is 0.0911. The van der Waals surface area contributed by atoms with Gasteiger partial charge < -0.3 is 24.7 Å². The summed E-state index contributed by atoms with van der Waals surface area (Å²) in [6.07, 6.45) is 1.88. The number of carbonyl (C=O) groups is 2. The molecule has 0 bridgehead atoms. The van der Waals surface area contributed by atoms with Crippen LogP contribution in [-0.2, 0) is 26.5 Å². The van der Waals surface area contributed by atoms with Crippen molar-refractivity contribution >= 4 is 37.2 Å². The summed E-state index contributed by atoms with van der Waals surface area (Å²) in [6, 6.07) is 22.5. The Kier molecular flexibility index (Phi) is 7.55. The highest BCUT2D eigenvalue weighted by Crippen LogP contribution is 2.59. The van der Waals surface area contributed by atoms with Crippen molar-refractivity contribution in [2.75, 3.05) is 23.4 Å². The van der Waals surface area contributed by atoms with Gasteiger partial charge in [-0.05, 0) is 55.4 Å². The second kappa shape index (κ2) is 11.5. The zero-order valence-electron chi connectivity index (χ0n) is 26.0. The first-order chi connectivity index (χ1) is 22.1. The van der Waals surface area contributed by atoms with Crippen LogP contribution in [0.25, 0.3) is 0 Å². The molecule has 1 fully saturated rings. The molecule has 3 aliphatic rings. The molecule has 1 spiro atoms. The third-order valence-corrected chi connectivity index (χ3v) is 12.1. The summed E-state index contributed by atoms with van der Waals surface area (Å²) in [4.78, 5) is 40.2. The van der Waals surface area contributed by atoms with E-state index in [2.05, 4.69) is 15.6 Å². The van der Waals surface area contributed by atoms with Gasteiger partial charge in [0.05, 0.1) is 30.0 Å². The summed E-state index contributed by atoms with van der Waals surface area (Å²) < 4.78 is 14.2. The highest BCUT2D eigenvalue weighted by molar-refractivity contribution is 6.71. The molecule has 0 radical (unpaired) electrons. The number of rotatable bonds is 8. The van der Waals surface area contributed by atoms with Crippen LogP contribution in [0.4, 0.5) is 17.1 Å². The number of aliphatic hydroxyl groups excluding tert-OH is 1. The lowest BCUT2D eigenvalue weighted by molar-refractivity contribution is -0.143. The molecule has 5 atom stereocenters. The largest absolute Gasteiger partial charge is 0.482 e. The van der Waals surface area contributed by atoms with Gasteiger partial charge in [-0.1, -0.05) is 54.6 Å². The number of nitrogens with zero attached hydrogens (tertiary/aromatic N) is 4. The van der Waals surface area contributed by atoms with Crippen LogP contribution in [0.1, 0.15) is 36.1 Å². The second-order valence-electron chi connectivity index (χ2n) is 12.9. The highest BCUT2D eigenvalue weighted by atomic mass is 28.4. The molecule has 4 heterocycles. The third kappa shape index (κ3) is 4.92. The maximum Gasteiger partial charge on any atom is 0.269 e. The lowest BCUT2D eigenvalue weighted by Gasteiger charge is -2.33. The van der Waals surface area contributed by atoms with Crippen LogP contribution in [0, 0.1) is 5.92 Å². The Balaban J connectivity index is 1.19. The number of ether oxygens (including phenoxy) is 2. The first-order valence-corrected chi connectivity index (χ1v) is 18.6. The number of carbonyl (C=O) groups excluding carboxylic acids is 2. The average molecular weight is 640 g/mol. The highest BCUT2D eigenvalue weighted by Gasteiger charge is 2.64. The van der Waals surface area contributed by atoms with Crippen molar-refractivity contribution < 1.29 is 29.0 Å². The van der Waals surface area contributed by atoms with Gasteiger partial charge in [0.25, 0.3) is 11.8 Å². The smallest absolute Gasteiger partial charge is 0.269 e. The summed E-state index contributed by atoms with van der Waals surface area (Å²) in [7, 11) is -2.86. The molecule has 3 aliphatic heterocycles. The van der Waals surface area contributed by atoms with E-state index in [0.717, 1.165) is 5.56 Å². The van der Waals surface area contributed by atoms with Gasteiger partial charge >= 0.3 is 0 Å². The number of fused-ring (bicyclic) bond motifs is 3. The molecule has 1 unspecified atom stereocenters. The predicted octanol–water partition coefficient (Wildman–Crippen LogP) is 4.30. The second-order valence-corrected chi connectivity index (χ2v) is 16.8. The Morgan fingerprint density at radius 2 is 1.85 bits per heavy atom. The number of aromatic nitrogens is 3. The van der Waals surface area contributed by atoms with Gasteiger partial charge in [-0.2, -0.15) is 0 Å². The first-order valence-electron chi connectivity index (χ1n) is 15.6. The van der Waals surface area contributed by atoms with E-state index in [0.29, 0.717) is 47.0 Å². The summed E-state index contributed by atoms with van der Waals surface area (Å²) in [6.45, 7) is 6.01. The van der Waals surface area contributed by atoms with E-state index in [1.165, 1.54) is 0 Å². The molecule has 4 aromatic rings. The topological polar surface area (TPSA) is 139 Å². The Bertz CT molecular complexity index is 1790. The van der Waals surface area contributed by atoms with Gasteiger partial charge in [0.15, 0.2) is 20.5 Å². The van der Waals surface area contributed by atoms with Crippen molar-refractivity contribution in [1.29, 1.82) is 0 Å². The molecule has 12 heteroatoms. The van der Waals surface area contributed by atoms with Crippen molar-refractivity contribution in [3.8, 4) is 5.75 Å². The molecular formula is C34H37N5O6Si. The lowest BCUT2D eigenvalue weighted by Crippen LogP contribution is -2.43. The molecule has 0 aliphatic carbocycles. The molecule has 238 valence electrons. The van der Waals surface area contributed by atoms with Crippen molar-refractivity contribution in [2.24, 2.45) is 5.92 Å². The SMILES string of the molecule is C[C@H]1[C@H]([Si](C)(C)O)[C@@H](CCn2cc(C(CO)c3ccccc3)nn2)O[C@]12C(=O)Nc1ccc(N3C(=O)COc4ccccc43)cc12. The number of aryl methyl sites for hydroxylation is 1. The number of nitrogens with one attached hydrogen (secondary N) is 1. The number of hydrogen-bond acceptors (Lipinski definition) is 8. The number of amides is 2. The van der Waals surface area contributed by atoms with Gasteiger partial charge in [-0.25, -0.2) is 0 Å². The molecule has 7 rings (SSSR count). The Morgan fingerprint density at radius 3 is 2.61 bits per heavy atom. The van der Waals surface area contributed by atoms with Crippen LogP contribution in [0.2, 0.25) is 18.6 Å². The molecule has 2 amide bonds. The molecule has 3 N–H and O–H groups in total. The molecule has 0 saturated carbocycles. The summed E-state index contributed by atoms with van der Waals surface area (Å²) in [5.41, 5.74) is 2.53. The molecule has 1 aromatic heterocycles. The summed E-state index contributed by atoms with van der Waals surface area (Å²) in [5, 5.41) is 21.8. The van der Waals surface area contributed by atoms with Gasteiger partial charge in [0, 0.05) is 41.1 Å². The van der Waals surface area contributed by atoms with E-state index >= 15 is 0 Å². The van der Waals surface area contributed by atoms with Crippen LogP contribution >= 0.6 is 0 Å². The minimum Gasteiger partial charge on any atom is -0.482 e. The number of benzene rings is 3.